The Hall–Kier alpha value is -1.60. The average Bonchev–Trinajstić information content (AvgIpc) is 3.00. The van der Waals surface area contributed by atoms with Gasteiger partial charge in [-0.2, -0.15) is 0 Å². The third-order valence-corrected chi connectivity index (χ3v) is 6.40. The Morgan fingerprint density at radius 2 is 2.04 bits per heavy atom. The zero-order chi connectivity index (χ0) is 19.8. The van der Waals surface area contributed by atoms with Crippen LogP contribution in [-0.4, -0.2) is 15.2 Å². The van der Waals surface area contributed by atoms with Crippen molar-refractivity contribution in [3.05, 3.63) is 63.9 Å². The Labute approximate surface area is 166 Å². The standard InChI is InChI=1S/C20H22ClFN2O2S/c1-20(2,3)27(26)24-18-10-8-13-14(18)5-4-6-15(13)19(25)23-12-7-9-17(22)16(21)11-12/h4-7,9,11,18,24H,8,10H2,1-3H3,(H,23,25)/t18-,27-/m0/s1. The minimum absolute atomic E-state index is 0.0417. The van der Waals surface area contributed by atoms with E-state index >= 15 is 0 Å². The maximum atomic E-state index is 13.3. The number of carbonyl (C=O) groups is 1. The molecule has 0 heterocycles. The van der Waals surface area contributed by atoms with Gasteiger partial charge in [0.25, 0.3) is 5.91 Å². The maximum absolute atomic E-state index is 13.3. The van der Waals surface area contributed by atoms with Crippen LogP contribution in [0.5, 0.6) is 0 Å². The van der Waals surface area contributed by atoms with Crippen LogP contribution >= 0.6 is 11.6 Å². The highest BCUT2D eigenvalue weighted by atomic mass is 35.5. The molecule has 2 aromatic rings. The summed E-state index contributed by atoms with van der Waals surface area (Å²) in [6, 6.07) is 9.58. The Morgan fingerprint density at radius 1 is 1.30 bits per heavy atom. The predicted molar refractivity (Wildman–Crippen MR) is 108 cm³/mol. The van der Waals surface area contributed by atoms with E-state index in [-0.39, 0.29) is 21.7 Å². The van der Waals surface area contributed by atoms with Gasteiger partial charge < -0.3 is 9.87 Å². The highest BCUT2D eigenvalue weighted by molar-refractivity contribution is 7.90. The van der Waals surface area contributed by atoms with Gasteiger partial charge in [0, 0.05) is 22.6 Å². The van der Waals surface area contributed by atoms with Crippen LogP contribution in [0.2, 0.25) is 5.02 Å². The molecule has 1 aliphatic rings. The number of anilines is 1. The van der Waals surface area contributed by atoms with Crippen molar-refractivity contribution in [3.63, 3.8) is 0 Å². The van der Waals surface area contributed by atoms with E-state index in [4.69, 9.17) is 11.6 Å². The fourth-order valence-electron chi connectivity index (χ4n) is 3.07. The highest BCUT2D eigenvalue weighted by Gasteiger charge is 2.34. The van der Waals surface area contributed by atoms with Crippen molar-refractivity contribution in [2.45, 2.75) is 44.4 Å². The summed E-state index contributed by atoms with van der Waals surface area (Å²) < 4.78 is 28.5. The third kappa shape index (κ3) is 4.46. The number of fused-ring (bicyclic) bond motifs is 1. The Bertz CT molecular complexity index is 870. The van der Waals surface area contributed by atoms with Gasteiger partial charge in [0.1, 0.15) is 10.6 Å². The first-order chi connectivity index (χ1) is 12.7. The molecule has 4 nitrogen and oxygen atoms in total. The van der Waals surface area contributed by atoms with Crippen LogP contribution in [0.1, 0.15) is 54.7 Å². The van der Waals surface area contributed by atoms with E-state index in [9.17, 15) is 13.7 Å². The van der Waals surface area contributed by atoms with Gasteiger partial charge in [-0.25, -0.2) is 4.39 Å². The predicted octanol–water partition coefficient (Wildman–Crippen LogP) is 4.77. The van der Waals surface area contributed by atoms with Gasteiger partial charge in [0.15, 0.2) is 0 Å². The lowest BCUT2D eigenvalue weighted by Crippen LogP contribution is -2.40. The summed E-state index contributed by atoms with van der Waals surface area (Å²) in [4.78, 5) is 12.7. The summed E-state index contributed by atoms with van der Waals surface area (Å²) in [6.45, 7) is 5.76. The summed E-state index contributed by atoms with van der Waals surface area (Å²) in [6.07, 6.45) is 1.51. The van der Waals surface area contributed by atoms with Gasteiger partial charge in [-0.1, -0.05) is 23.7 Å². The fourth-order valence-corrected chi connectivity index (χ4v) is 4.11. The smallest absolute Gasteiger partial charge is 0.255 e. The van der Waals surface area contributed by atoms with Gasteiger partial charge in [-0.05, 0) is 69.0 Å². The van der Waals surface area contributed by atoms with Crippen LogP contribution in [0.4, 0.5) is 10.1 Å². The van der Waals surface area contributed by atoms with E-state index in [0.717, 1.165) is 24.0 Å². The van der Waals surface area contributed by atoms with Crippen molar-refractivity contribution in [3.8, 4) is 0 Å². The van der Waals surface area contributed by atoms with Crippen molar-refractivity contribution < 1.29 is 13.7 Å². The topological polar surface area (TPSA) is 64.2 Å². The molecule has 1 amide bonds. The normalized spacial score (nSPS) is 17.5. The summed E-state index contributed by atoms with van der Waals surface area (Å²) in [7, 11) is 0. The molecule has 3 rings (SSSR count). The second-order valence-corrected chi connectivity index (χ2v) is 9.95. The van der Waals surface area contributed by atoms with Crippen LogP contribution in [0.15, 0.2) is 36.4 Å². The molecule has 0 bridgehead atoms. The van der Waals surface area contributed by atoms with E-state index in [1.165, 1.54) is 18.2 Å². The summed E-state index contributed by atoms with van der Waals surface area (Å²) in [5.41, 5.74) is 2.95. The highest BCUT2D eigenvalue weighted by Crippen LogP contribution is 2.35. The number of carbonyl (C=O) groups excluding carboxylic acids is 1. The molecule has 0 fully saturated rings. The molecule has 0 saturated carbocycles. The minimum atomic E-state index is -1.19. The molecule has 1 aliphatic carbocycles. The number of rotatable bonds is 4. The van der Waals surface area contributed by atoms with E-state index in [1.54, 1.807) is 6.07 Å². The van der Waals surface area contributed by atoms with Crippen LogP contribution in [0.25, 0.3) is 0 Å². The Morgan fingerprint density at radius 3 is 2.70 bits per heavy atom. The van der Waals surface area contributed by atoms with E-state index in [2.05, 4.69) is 10.0 Å². The molecule has 2 N–H and O–H groups in total. The molecule has 0 aliphatic heterocycles. The van der Waals surface area contributed by atoms with Gasteiger partial charge in [-0.15, -0.1) is 4.72 Å². The molecule has 2 atom stereocenters. The molecule has 27 heavy (non-hydrogen) atoms. The van der Waals surface area contributed by atoms with Gasteiger partial charge >= 0.3 is 0 Å². The first-order valence-electron chi connectivity index (χ1n) is 8.73. The van der Waals surface area contributed by atoms with Gasteiger partial charge in [0.05, 0.1) is 11.1 Å². The molecule has 0 radical (unpaired) electrons. The second-order valence-electron chi connectivity index (χ2n) is 7.55. The molecule has 7 heteroatoms. The zero-order valence-electron chi connectivity index (χ0n) is 15.4. The number of amides is 1. The van der Waals surface area contributed by atoms with Crippen LogP contribution in [0.3, 0.4) is 0 Å². The van der Waals surface area contributed by atoms with Crippen molar-refractivity contribution >= 4 is 34.6 Å². The molecule has 144 valence electrons. The largest absolute Gasteiger partial charge is 0.598 e. The van der Waals surface area contributed by atoms with Gasteiger partial charge in [0.2, 0.25) is 0 Å². The van der Waals surface area contributed by atoms with Crippen LogP contribution < -0.4 is 10.0 Å². The Balaban J connectivity index is 1.80. The number of halogens is 2. The monoisotopic (exact) mass is 408 g/mol. The second kappa shape index (κ2) is 7.80. The van der Waals surface area contributed by atoms with E-state index in [1.807, 2.05) is 32.9 Å². The first-order valence-corrected chi connectivity index (χ1v) is 10.3. The van der Waals surface area contributed by atoms with Crippen LogP contribution in [0, 0.1) is 5.82 Å². The van der Waals surface area contributed by atoms with Gasteiger partial charge in [-0.3, -0.25) is 4.79 Å². The molecule has 0 unspecified atom stereocenters. The van der Waals surface area contributed by atoms with Crippen molar-refractivity contribution in [2.24, 2.45) is 0 Å². The summed E-state index contributed by atoms with van der Waals surface area (Å²) >= 11 is 4.59. The molecular formula is C20H22ClFN2O2S. The zero-order valence-corrected chi connectivity index (χ0v) is 17.0. The molecule has 0 saturated heterocycles. The lowest BCUT2D eigenvalue weighted by atomic mass is 10.0. The van der Waals surface area contributed by atoms with E-state index < -0.39 is 17.2 Å². The number of hydrogen-bond acceptors (Lipinski definition) is 3. The third-order valence-electron chi connectivity index (χ3n) is 4.50. The SMILES string of the molecule is CC(C)(C)[S@+]([O-])N[C@H]1CCc2c(C(=O)Nc3ccc(F)c(Cl)c3)cccc21. The molecule has 2 aromatic carbocycles. The van der Waals surface area contributed by atoms with E-state index in [0.29, 0.717) is 11.3 Å². The average molecular weight is 409 g/mol. The first kappa shape index (κ1) is 20.1. The molecular weight excluding hydrogens is 387 g/mol. The molecule has 0 spiro atoms. The van der Waals surface area contributed by atoms with Crippen molar-refractivity contribution in [1.82, 2.24) is 4.72 Å². The minimum Gasteiger partial charge on any atom is -0.598 e. The number of benzene rings is 2. The van der Waals surface area contributed by atoms with Crippen molar-refractivity contribution in [2.75, 3.05) is 5.32 Å². The summed E-state index contributed by atoms with van der Waals surface area (Å²) in [5.74, 6) is -0.803. The van der Waals surface area contributed by atoms with Crippen molar-refractivity contribution in [1.29, 1.82) is 0 Å². The molecule has 0 aromatic heterocycles. The summed E-state index contributed by atoms with van der Waals surface area (Å²) in [5, 5.41) is 2.72. The Kier molecular flexibility index (Phi) is 5.82. The number of nitrogens with one attached hydrogen (secondary N) is 2. The van der Waals surface area contributed by atoms with Crippen LogP contribution in [-0.2, 0) is 17.8 Å². The number of hydrogen-bond donors (Lipinski definition) is 2. The quantitative estimate of drug-likeness (QED) is 0.716. The lowest BCUT2D eigenvalue weighted by Gasteiger charge is -2.26. The fraction of sp³-hybridized carbons (Fsp3) is 0.350. The lowest BCUT2D eigenvalue weighted by molar-refractivity contribution is 0.102. The maximum Gasteiger partial charge on any atom is 0.255 e.